The van der Waals surface area contributed by atoms with Gasteiger partial charge in [-0.2, -0.15) is 4.57 Å². The van der Waals surface area contributed by atoms with E-state index >= 15 is 0 Å². The highest BCUT2D eigenvalue weighted by Gasteiger charge is 2.34. The van der Waals surface area contributed by atoms with Crippen molar-refractivity contribution >= 4 is 32.6 Å². The minimum atomic E-state index is -2.20. The van der Waals surface area contributed by atoms with Crippen molar-refractivity contribution in [3.63, 3.8) is 0 Å². The number of thiazole rings is 1. The summed E-state index contributed by atoms with van der Waals surface area (Å²) in [5.41, 5.74) is 4.11. The number of aryl methyl sites for hydroxylation is 1. The maximum Gasteiger partial charge on any atom is 0.273 e. The van der Waals surface area contributed by atoms with Crippen molar-refractivity contribution in [2.75, 3.05) is 0 Å². The lowest BCUT2D eigenvalue weighted by atomic mass is 10.2. The highest BCUT2D eigenvalue weighted by atomic mass is 32.1. The maximum absolute atomic E-state index is 7.93. The van der Waals surface area contributed by atoms with Gasteiger partial charge in [0.15, 0.2) is 11.4 Å². The number of pyridine rings is 1. The Morgan fingerprint density at radius 1 is 1.35 bits per heavy atom. The fraction of sp³-hybridized carbons (Fsp3) is 0.125. The summed E-state index contributed by atoms with van der Waals surface area (Å²) in [5.74, 6) is 0. The first-order chi connectivity index (χ1) is 11.1. The van der Waals surface area contributed by atoms with Gasteiger partial charge in [0, 0.05) is 29.0 Å². The van der Waals surface area contributed by atoms with Crippen LogP contribution in [0.5, 0.6) is 0 Å². The lowest BCUT2D eigenvalue weighted by molar-refractivity contribution is -0.641. The fourth-order valence-electron chi connectivity index (χ4n) is 3.08. The van der Waals surface area contributed by atoms with E-state index in [2.05, 4.69) is 9.55 Å². The summed E-state index contributed by atoms with van der Waals surface area (Å²) in [6.07, 6.45) is 3.67. The third kappa shape index (κ3) is 1.11. The molecule has 20 heavy (non-hydrogen) atoms. The minimum Gasteiger partial charge on any atom is -0.330 e. The van der Waals surface area contributed by atoms with Gasteiger partial charge < -0.3 is 4.57 Å². The molecule has 0 radical (unpaired) electrons. The molecule has 0 amide bonds. The first kappa shape index (κ1) is 8.17. The molecule has 0 fully saturated rings. The second kappa shape index (κ2) is 3.46. The Morgan fingerprint density at radius 3 is 3.25 bits per heavy atom. The van der Waals surface area contributed by atoms with Gasteiger partial charge in [-0.15, -0.1) is 0 Å². The van der Waals surface area contributed by atoms with Crippen LogP contribution < -0.4 is 4.57 Å². The number of hydrogen-bond acceptors (Lipinski definition) is 2. The van der Waals surface area contributed by atoms with E-state index in [0.717, 1.165) is 38.4 Å². The molecular weight excluding hydrogens is 266 g/mol. The molecule has 4 heteroatoms. The Morgan fingerprint density at radius 2 is 2.30 bits per heavy atom. The Hall–Kier alpha value is -2.20. The molecule has 1 aliphatic rings. The van der Waals surface area contributed by atoms with Crippen molar-refractivity contribution in [1.82, 2.24) is 9.55 Å². The zero-order valence-corrected chi connectivity index (χ0v) is 11.3. The van der Waals surface area contributed by atoms with Crippen molar-refractivity contribution in [3.8, 4) is 10.6 Å². The van der Waals surface area contributed by atoms with Crippen LogP contribution in [0.2, 0.25) is 0 Å². The van der Waals surface area contributed by atoms with E-state index in [1.165, 1.54) is 21.5 Å². The van der Waals surface area contributed by atoms with Crippen molar-refractivity contribution < 1.29 is 8.68 Å². The molecule has 0 atom stereocenters. The third-order valence-electron chi connectivity index (χ3n) is 3.98. The van der Waals surface area contributed by atoms with Crippen molar-refractivity contribution in [3.05, 3.63) is 48.3 Å². The van der Waals surface area contributed by atoms with Gasteiger partial charge >= 0.3 is 0 Å². The van der Waals surface area contributed by atoms with E-state index in [4.69, 9.17) is 4.11 Å². The normalized spacial score (nSPS) is 15.9. The van der Waals surface area contributed by atoms with Crippen LogP contribution in [0.15, 0.2) is 42.7 Å². The maximum atomic E-state index is 7.93. The van der Waals surface area contributed by atoms with Crippen LogP contribution in [-0.4, -0.2) is 9.55 Å². The summed E-state index contributed by atoms with van der Waals surface area (Å²) in [6.45, 7) is -1.43. The Balaban J connectivity index is 1.96. The van der Waals surface area contributed by atoms with E-state index in [0.29, 0.717) is 0 Å². The summed E-state index contributed by atoms with van der Waals surface area (Å²) >= 11 is 1.53. The Labute approximate surface area is 123 Å². The highest BCUT2D eigenvalue weighted by molar-refractivity contribution is 7.21. The topological polar surface area (TPSA) is 21.7 Å². The SMILES string of the molecule is [2H]C([2H])([2H])n1c2ccccc2c2c1sc1[n+]2Cc2ccncc2-1. The largest absolute Gasteiger partial charge is 0.330 e. The predicted molar refractivity (Wildman–Crippen MR) is 80.8 cm³/mol. The number of nitrogens with zero attached hydrogens (tertiary/aromatic N) is 3. The molecule has 0 bridgehead atoms. The number of hydrogen-bond donors (Lipinski definition) is 0. The Kier molecular flexibility index (Phi) is 1.41. The van der Waals surface area contributed by atoms with Gasteiger partial charge in [0.2, 0.25) is 0 Å². The van der Waals surface area contributed by atoms with Gasteiger partial charge in [0.25, 0.3) is 10.5 Å². The molecule has 96 valence electrons. The van der Waals surface area contributed by atoms with Crippen LogP contribution in [0.3, 0.4) is 0 Å². The third-order valence-corrected chi connectivity index (χ3v) is 5.19. The molecule has 4 heterocycles. The van der Waals surface area contributed by atoms with Crippen LogP contribution in [0, 0.1) is 0 Å². The van der Waals surface area contributed by atoms with Gasteiger partial charge in [-0.05, 0) is 29.5 Å². The monoisotopic (exact) mass is 281 g/mol. The first-order valence-corrected chi connectivity index (χ1v) is 7.27. The number of fused-ring (bicyclic) bond motifs is 7. The van der Waals surface area contributed by atoms with Crippen LogP contribution in [0.25, 0.3) is 31.8 Å². The van der Waals surface area contributed by atoms with Crippen molar-refractivity contribution in [2.45, 2.75) is 6.54 Å². The quantitative estimate of drug-likeness (QED) is 0.400. The number of rotatable bonds is 0. The van der Waals surface area contributed by atoms with Crippen LogP contribution in [-0.2, 0) is 13.5 Å². The number of para-hydroxylation sites is 1. The molecule has 0 unspecified atom stereocenters. The van der Waals surface area contributed by atoms with Gasteiger partial charge in [-0.3, -0.25) is 4.98 Å². The average Bonchev–Trinajstić information content (AvgIpc) is 3.12. The van der Waals surface area contributed by atoms with E-state index in [-0.39, 0.29) is 0 Å². The molecule has 5 rings (SSSR count). The summed E-state index contributed by atoms with van der Waals surface area (Å²) in [4.78, 5) is 5.02. The summed E-state index contributed by atoms with van der Waals surface area (Å²) in [6, 6.07) is 9.76. The number of benzene rings is 1. The molecule has 0 aliphatic carbocycles. The Bertz CT molecular complexity index is 1090. The molecule has 0 saturated carbocycles. The van der Waals surface area contributed by atoms with Gasteiger partial charge in [-0.25, -0.2) is 0 Å². The molecule has 4 aromatic rings. The van der Waals surface area contributed by atoms with E-state index in [1.807, 2.05) is 36.5 Å². The summed E-state index contributed by atoms with van der Waals surface area (Å²) < 4.78 is 27.5. The van der Waals surface area contributed by atoms with Gasteiger partial charge in [-0.1, -0.05) is 12.1 Å². The van der Waals surface area contributed by atoms with Gasteiger partial charge in [0.1, 0.15) is 0 Å². The number of aromatic nitrogens is 3. The fourth-order valence-corrected chi connectivity index (χ4v) is 4.33. The molecule has 0 N–H and O–H groups in total. The summed E-state index contributed by atoms with van der Waals surface area (Å²) in [5, 5.41) is 2.07. The van der Waals surface area contributed by atoms with Crippen molar-refractivity contribution in [2.24, 2.45) is 6.98 Å². The first-order valence-electron chi connectivity index (χ1n) is 7.95. The second-order valence-corrected chi connectivity index (χ2v) is 6.01. The smallest absolute Gasteiger partial charge is 0.273 e. The average molecular weight is 281 g/mol. The zero-order valence-electron chi connectivity index (χ0n) is 13.5. The molecule has 3 nitrogen and oxygen atoms in total. The lowest BCUT2D eigenvalue weighted by Gasteiger charge is -1.94. The molecule has 1 aromatic carbocycles. The zero-order chi connectivity index (χ0) is 15.8. The van der Waals surface area contributed by atoms with Gasteiger partial charge in [0.05, 0.1) is 16.5 Å². The van der Waals surface area contributed by atoms with Crippen LogP contribution in [0.4, 0.5) is 0 Å². The lowest BCUT2D eigenvalue weighted by Crippen LogP contribution is -2.30. The predicted octanol–water partition coefficient (Wildman–Crippen LogP) is 3.10. The van der Waals surface area contributed by atoms with E-state index < -0.39 is 6.98 Å². The molecule has 0 spiro atoms. The molecule has 1 aliphatic heterocycles. The van der Waals surface area contributed by atoms with Crippen molar-refractivity contribution in [1.29, 1.82) is 0 Å². The molecule has 0 saturated heterocycles. The van der Waals surface area contributed by atoms with Crippen LogP contribution in [0.1, 0.15) is 9.68 Å². The highest BCUT2D eigenvalue weighted by Crippen LogP contribution is 2.38. The molecular formula is C16H12N3S+. The minimum absolute atomic E-state index is 0.762. The van der Waals surface area contributed by atoms with Crippen LogP contribution >= 0.6 is 11.3 Å². The van der Waals surface area contributed by atoms with E-state index in [9.17, 15) is 0 Å². The standard InChI is InChI=1S/C16H12N3S/c1-18-13-5-3-2-4-11(13)14-16(18)20-15-12-8-17-7-6-10(12)9-19(14)15/h2-8H,9H2,1H3/q+1/i1D3. The molecule has 3 aromatic heterocycles. The second-order valence-electron chi connectivity index (χ2n) is 5.03. The van der Waals surface area contributed by atoms with E-state index in [1.54, 1.807) is 6.20 Å². The summed E-state index contributed by atoms with van der Waals surface area (Å²) in [7, 11) is 0.